The standard InChI is InChI=1S/C20H31N3O5S/c1-5-28-12-6-11-21-29(26,27)17-9-7-16(8-10-17)22-19(25)15-13-18(24)23(14-15)20(2,3)4/h7-10,15,21H,5-6,11-14H2,1-4H3,(H,22,25). The Morgan fingerprint density at radius 2 is 1.90 bits per heavy atom. The zero-order valence-electron chi connectivity index (χ0n) is 17.5. The number of likely N-dealkylation sites (tertiary alicyclic amines) is 1. The van der Waals surface area contributed by atoms with E-state index < -0.39 is 15.9 Å². The maximum Gasteiger partial charge on any atom is 0.240 e. The topological polar surface area (TPSA) is 105 Å². The average Bonchev–Trinajstić information content (AvgIpc) is 3.04. The summed E-state index contributed by atoms with van der Waals surface area (Å²) in [6.45, 7) is 9.48. The maximum absolute atomic E-state index is 12.5. The van der Waals surface area contributed by atoms with E-state index in [1.54, 1.807) is 17.0 Å². The van der Waals surface area contributed by atoms with Crippen molar-refractivity contribution in [1.82, 2.24) is 9.62 Å². The highest BCUT2D eigenvalue weighted by Crippen LogP contribution is 2.26. The summed E-state index contributed by atoms with van der Waals surface area (Å²) in [7, 11) is -3.61. The Morgan fingerprint density at radius 1 is 1.24 bits per heavy atom. The second-order valence-corrected chi connectivity index (χ2v) is 9.81. The highest BCUT2D eigenvalue weighted by atomic mass is 32.2. The minimum Gasteiger partial charge on any atom is -0.382 e. The zero-order valence-corrected chi connectivity index (χ0v) is 18.3. The summed E-state index contributed by atoms with van der Waals surface area (Å²) in [4.78, 5) is 26.5. The molecule has 2 amide bonds. The van der Waals surface area contributed by atoms with E-state index in [-0.39, 0.29) is 28.7 Å². The number of nitrogens with one attached hydrogen (secondary N) is 2. The molecule has 0 bridgehead atoms. The van der Waals surface area contributed by atoms with Gasteiger partial charge in [-0.1, -0.05) is 0 Å². The molecule has 1 saturated heterocycles. The largest absolute Gasteiger partial charge is 0.382 e. The third kappa shape index (κ3) is 6.52. The van der Waals surface area contributed by atoms with Crippen molar-refractivity contribution in [2.45, 2.75) is 51.0 Å². The van der Waals surface area contributed by atoms with Gasteiger partial charge in [-0.25, -0.2) is 13.1 Å². The lowest BCUT2D eigenvalue weighted by molar-refractivity contribution is -0.131. The van der Waals surface area contributed by atoms with Crippen molar-refractivity contribution >= 4 is 27.5 Å². The van der Waals surface area contributed by atoms with Gasteiger partial charge in [0.25, 0.3) is 0 Å². The number of benzene rings is 1. The first-order valence-electron chi connectivity index (χ1n) is 9.83. The predicted molar refractivity (Wildman–Crippen MR) is 111 cm³/mol. The second-order valence-electron chi connectivity index (χ2n) is 8.04. The van der Waals surface area contributed by atoms with Crippen molar-refractivity contribution < 1.29 is 22.7 Å². The molecule has 2 rings (SSSR count). The van der Waals surface area contributed by atoms with E-state index in [4.69, 9.17) is 4.74 Å². The average molecular weight is 426 g/mol. The van der Waals surface area contributed by atoms with E-state index in [0.29, 0.717) is 38.4 Å². The summed E-state index contributed by atoms with van der Waals surface area (Å²) in [5.41, 5.74) is 0.171. The fourth-order valence-electron chi connectivity index (χ4n) is 3.10. The Bertz CT molecular complexity index is 816. The molecule has 1 unspecified atom stereocenters. The Balaban J connectivity index is 1.92. The van der Waals surface area contributed by atoms with Gasteiger partial charge < -0.3 is 15.0 Å². The Kier molecular flexibility index (Phi) is 7.79. The monoisotopic (exact) mass is 425 g/mol. The van der Waals surface area contributed by atoms with Crippen molar-refractivity contribution in [3.63, 3.8) is 0 Å². The van der Waals surface area contributed by atoms with Crippen LogP contribution >= 0.6 is 0 Å². The van der Waals surface area contributed by atoms with Gasteiger partial charge in [0.15, 0.2) is 0 Å². The first-order chi connectivity index (χ1) is 13.5. The van der Waals surface area contributed by atoms with Crippen LogP contribution in [0.3, 0.4) is 0 Å². The molecule has 162 valence electrons. The van der Waals surface area contributed by atoms with E-state index in [1.807, 2.05) is 27.7 Å². The molecule has 1 aliphatic heterocycles. The molecular formula is C20H31N3O5S. The van der Waals surface area contributed by atoms with Gasteiger partial charge in [0, 0.05) is 44.0 Å². The van der Waals surface area contributed by atoms with Crippen LogP contribution in [0.25, 0.3) is 0 Å². The van der Waals surface area contributed by atoms with Crippen molar-refractivity contribution in [2.24, 2.45) is 5.92 Å². The summed E-state index contributed by atoms with van der Waals surface area (Å²) in [6.07, 6.45) is 0.772. The molecule has 1 heterocycles. The Labute approximate surface area is 173 Å². The van der Waals surface area contributed by atoms with Crippen LogP contribution in [0.4, 0.5) is 5.69 Å². The molecule has 0 radical (unpaired) electrons. The molecule has 1 atom stereocenters. The van der Waals surface area contributed by atoms with Crippen molar-refractivity contribution in [3.8, 4) is 0 Å². The smallest absolute Gasteiger partial charge is 0.240 e. The second kappa shape index (κ2) is 9.69. The SMILES string of the molecule is CCOCCCNS(=O)(=O)c1ccc(NC(=O)C2CC(=O)N(C(C)(C)C)C2)cc1. The third-order valence-corrected chi connectivity index (χ3v) is 6.18. The lowest BCUT2D eigenvalue weighted by Crippen LogP contribution is -2.42. The van der Waals surface area contributed by atoms with Crippen molar-refractivity contribution in [1.29, 1.82) is 0 Å². The first kappa shape index (κ1) is 23.3. The van der Waals surface area contributed by atoms with E-state index in [0.717, 1.165) is 0 Å². The minimum atomic E-state index is -3.61. The number of ether oxygens (including phenoxy) is 1. The summed E-state index contributed by atoms with van der Waals surface area (Å²) >= 11 is 0. The lowest BCUT2D eigenvalue weighted by atomic mass is 10.1. The number of nitrogens with zero attached hydrogens (tertiary/aromatic N) is 1. The number of amides is 2. The molecule has 0 aliphatic carbocycles. The van der Waals surface area contributed by atoms with Gasteiger partial charge >= 0.3 is 0 Å². The zero-order chi connectivity index (χ0) is 21.7. The summed E-state index contributed by atoms with van der Waals surface area (Å²) in [5, 5.41) is 2.77. The number of hydrogen-bond donors (Lipinski definition) is 2. The minimum absolute atomic E-state index is 0.0329. The van der Waals surface area contributed by atoms with E-state index in [9.17, 15) is 18.0 Å². The van der Waals surface area contributed by atoms with Crippen LogP contribution in [0, 0.1) is 5.92 Å². The first-order valence-corrected chi connectivity index (χ1v) is 11.3. The van der Waals surface area contributed by atoms with Gasteiger partial charge in [-0.2, -0.15) is 0 Å². The van der Waals surface area contributed by atoms with Crippen molar-refractivity contribution in [3.05, 3.63) is 24.3 Å². The van der Waals surface area contributed by atoms with Gasteiger partial charge in [0.1, 0.15) is 0 Å². The van der Waals surface area contributed by atoms with Gasteiger partial charge in [0.05, 0.1) is 10.8 Å². The molecule has 1 fully saturated rings. The van der Waals surface area contributed by atoms with Crippen LogP contribution in [0.1, 0.15) is 40.5 Å². The number of rotatable bonds is 9. The van der Waals surface area contributed by atoms with E-state index in [1.165, 1.54) is 12.1 Å². The molecule has 0 aromatic heterocycles. The number of anilines is 1. The van der Waals surface area contributed by atoms with Crippen LogP contribution in [-0.2, 0) is 24.3 Å². The van der Waals surface area contributed by atoms with E-state index in [2.05, 4.69) is 10.0 Å². The van der Waals surface area contributed by atoms with Crippen LogP contribution < -0.4 is 10.0 Å². The molecule has 1 aliphatic rings. The number of carbonyl (C=O) groups excluding carboxylic acids is 2. The predicted octanol–water partition coefficient (Wildman–Crippen LogP) is 1.98. The van der Waals surface area contributed by atoms with Gasteiger partial charge in [-0.05, 0) is 58.4 Å². The summed E-state index contributed by atoms with van der Waals surface area (Å²) in [5.74, 6) is -0.693. The summed E-state index contributed by atoms with van der Waals surface area (Å²) in [6, 6.07) is 5.99. The highest BCUT2D eigenvalue weighted by Gasteiger charge is 2.39. The van der Waals surface area contributed by atoms with Crippen LogP contribution in [0.2, 0.25) is 0 Å². The Morgan fingerprint density at radius 3 is 2.45 bits per heavy atom. The maximum atomic E-state index is 12.5. The van der Waals surface area contributed by atoms with Crippen molar-refractivity contribution in [2.75, 3.05) is 31.6 Å². The highest BCUT2D eigenvalue weighted by molar-refractivity contribution is 7.89. The third-order valence-electron chi connectivity index (χ3n) is 4.70. The molecule has 2 N–H and O–H groups in total. The quantitative estimate of drug-likeness (QED) is 0.589. The Hall–Kier alpha value is -1.97. The number of hydrogen-bond acceptors (Lipinski definition) is 5. The van der Waals surface area contributed by atoms with E-state index >= 15 is 0 Å². The van der Waals surface area contributed by atoms with Crippen LogP contribution in [0.15, 0.2) is 29.2 Å². The number of sulfonamides is 1. The normalized spacial score (nSPS) is 17.6. The number of carbonyl (C=O) groups is 2. The lowest BCUT2D eigenvalue weighted by Gasteiger charge is -2.31. The molecule has 0 saturated carbocycles. The van der Waals surface area contributed by atoms with Gasteiger partial charge in [0.2, 0.25) is 21.8 Å². The van der Waals surface area contributed by atoms with Crippen LogP contribution in [-0.4, -0.2) is 57.0 Å². The van der Waals surface area contributed by atoms with Gasteiger partial charge in [-0.15, -0.1) is 0 Å². The fraction of sp³-hybridized carbons (Fsp3) is 0.600. The van der Waals surface area contributed by atoms with Crippen LogP contribution in [0.5, 0.6) is 0 Å². The molecule has 0 spiro atoms. The fourth-order valence-corrected chi connectivity index (χ4v) is 4.18. The molecule has 9 heteroatoms. The summed E-state index contributed by atoms with van der Waals surface area (Å²) < 4.78 is 32.3. The molecular weight excluding hydrogens is 394 g/mol. The molecule has 1 aromatic rings. The molecule has 29 heavy (non-hydrogen) atoms. The van der Waals surface area contributed by atoms with Gasteiger partial charge in [-0.3, -0.25) is 9.59 Å². The molecule has 1 aromatic carbocycles. The molecule has 8 nitrogen and oxygen atoms in total.